The fourth-order valence-electron chi connectivity index (χ4n) is 2.02. The summed E-state index contributed by atoms with van der Waals surface area (Å²) in [7, 11) is -2.76. The topological polar surface area (TPSA) is 46.2 Å². The van der Waals surface area contributed by atoms with Crippen molar-refractivity contribution in [1.82, 2.24) is 5.32 Å². The van der Waals surface area contributed by atoms with Crippen molar-refractivity contribution in [3.63, 3.8) is 0 Å². The Hall–Kier alpha value is -0.0900. The molecular formula is C10H19NO2S. The standard InChI is InChI=1S/C10H19NO2S/c12-14(13)6-2-1-3-10(14)8-11-7-9-4-5-9/h9-11H,1-8H2. The highest BCUT2D eigenvalue weighted by Gasteiger charge is 2.29. The predicted octanol–water partition coefficient (Wildman–Crippen LogP) is 0.953. The quantitative estimate of drug-likeness (QED) is 0.762. The van der Waals surface area contributed by atoms with Crippen molar-refractivity contribution in [3.8, 4) is 0 Å². The lowest BCUT2D eigenvalue weighted by molar-refractivity contribution is 0.515. The van der Waals surface area contributed by atoms with E-state index < -0.39 is 9.84 Å². The molecule has 0 aromatic carbocycles. The summed E-state index contributed by atoms with van der Waals surface area (Å²) in [5.74, 6) is 1.24. The molecule has 4 heteroatoms. The minimum absolute atomic E-state index is 0.102. The Morgan fingerprint density at radius 3 is 2.50 bits per heavy atom. The number of hydrogen-bond acceptors (Lipinski definition) is 3. The minimum Gasteiger partial charge on any atom is -0.315 e. The van der Waals surface area contributed by atoms with Gasteiger partial charge in [0.2, 0.25) is 0 Å². The van der Waals surface area contributed by atoms with Gasteiger partial charge >= 0.3 is 0 Å². The molecule has 0 aromatic rings. The van der Waals surface area contributed by atoms with E-state index in [0.717, 1.165) is 31.7 Å². The smallest absolute Gasteiger partial charge is 0.154 e. The highest BCUT2D eigenvalue weighted by molar-refractivity contribution is 7.92. The molecule has 0 radical (unpaired) electrons. The SMILES string of the molecule is O=S1(=O)CCCCC1CNCC1CC1. The van der Waals surface area contributed by atoms with Crippen molar-refractivity contribution in [1.29, 1.82) is 0 Å². The molecule has 0 spiro atoms. The zero-order valence-corrected chi connectivity index (χ0v) is 9.35. The first-order chi connectivity index (χ1) is 6.68. The summed E-state index contributed by atoms with van der Waals surface area (Å²) in [6.07, 6.45) is 5.45. The molecule has 82 valence electrons. The Kier molecular flexibility index (Phi) is 3.12. The fourth-order valence-corrected chi connectivity index (χ4v) is 3.86. The van der Waals surface area contributed by atoms with E-state index in [4.69, 9.17) is 0 Å². The summed E-state index contributed by atoms with van der Waals surface area (Å²) >= 11 is 0. The number of sulfone groups is 1. The van der Waals surface area contributed by atoms with Crippen LogP contribution in [0.5, 0.6) is 0 Å². The van der Waals surface area contributed by atoms with Crippen molar-refractivity contribution in [2.45, 2.75) is 37.4 Å². The third-order valence-electron chi connectivity index (χ3n) is 3.21. The largest absolute Gasteiger partial charge is 0.315 e. The van der Waals surface area contributed by atoms with E-state index in [0.29, 0.717) is 12.3 Å². The van der Waals surface area contributed by atoms with Gasteiger partial charge in [0.15, 0.2) is 9.84 Å². The van der Waals surface area contributed by atoms with Crippen LogP contribution < -0.4 is 5.32 Å². The maximum absolute atomic E-state index is 11.6. The summed E-state index contributed by atoms with van der Waals surface area (Å²) in [4.78, 5) is 0. The van der Waals surface area contributed by atoms with Crippen molar-refractivity contribution >= 4 is 9.84 Å². The third-order valence-corrected chi connectivity index (χ3v) is 5.49. The van der Waals surface area contributed by atoms with Gasteiger partial charge in [0, 0.05) is 6.54 Å². The van der Waals surface area contributed by atoms with Crippen LogP contribution in [0.25, 0.3) is 0 Å². The van der Waals surface area contributed by atoms with Gasteiger partial charge in [0.05, 0.1) is 11.0 Å². The van der Waals surface area contributed by atoms with Crippen molar-refractivity contribution in [2.24, 2.45) is 5.92 Å². The lowest BCUT2D eigenvalue weighted by Crippen LogP contribution is -2.38. The summed E-state index contributed by atoms with van der Waals surface area (Å²) in [6.45, 7) is 1.70. The average molecular weight is 217 g/mol. The van der Waals surface area contributed by atoms with E-state index in [1.807, 2.05) is 0 Å². The molecule has 1 saturated heterocycles. The third kappa shape index (κ3) is 2.70. The Balaban J connectivity index is 1.76. The first kappa shape index (κ1) is 10.4. The zero-order valence-electron chi connectivity index (χ0n) is 8.54. The molecule has 0 amide bonds. The van der Waals surface area contributed by atoms with Crippen LogP contribution in [0.15, 0.2) is 0 Å². The molecule has 1 aliphatic carbocycles. The van der Waals surface area contributed by atoms with Crippen LogP contribution in [0.1, 0.15) is 32.1 Å². The first-order valence-electron chi connectivity index (χ1n) is 5.61. The van der Waals surface area contributed by atoms with E-state index in [-0.39, 0.29) is 5.25 Å². The molecule has 0 bridgehead atoms. The van der Waals surface area contributed by atoms with E-state index in [2.05, 4.69) is 5.32 Å². The van der Waals surface area contributed by atoms with Crippen LogP contribution in [0.3, 0.4) is 0 Å². The van der Waals surface area contributed by atoms with Gasteiger partial charge in [-0.3, -0.25) is 0 Å². The molecule has 1 aliphatic heterocycles. The molecular weight excluding hydrogens is 198 g/mol. The highest BCUT2D eigenvalue weighted by Crippen LogP contribution is 2.27. The summed E-state index contributed by atoms with van der Waals surface area (Å²) in [5, 5.41) is 3.19. The summed E-state index contributed by atoms with van der Waals surface area (Å²) in [6, 6.07) is 0. The van der Waals surface area contributed by atoms with Crippen LogP contribution in [-0.2, 0) is 9.84 Å². The van der Waals surface area contributed by atoms with Crippen molar-refractivity contribution in [3.05, 3.63) is 0 Å². The summed E-state index contributed by atoms with van der Waals surface area (Å²) in [5.41, 5.74) is 0. The molecule has 2 fully saturated rings. The molecule has 2 rings (SSSR count). The Morgan fingerprint density at radius 1 is 1.07 bits per heavy atom. The van der Waals surface area contributed by atoms with Gasteiger partial charge in [-0.25, -0.2) is 8.42 Å². The number of rotatable bonds is 4. The second-order valence-electron chi connectivity index (χ2n) is 4.59. The molecule has 1 heterocycles. The van der Waals surface area contributed by atoms with E-state index in [9.17, 15) is 8.42 Å². The van der Waals surface area contributed by atoms with E-state index in [1.165, 1.54) is 12.8 Å². The highest BCUT2D eigenvalue weighted by atomic mass is 32.2. The lowest BCUT2D eigenvalue weighted by atomic mass is 10.2. The summed E-state index contributed by atoms with van der Waals surface area (Å²) < 4.78 is 23.3. The molecule has 1 N–H and O–H groups in total. The normalized spacial score (nSPS) is 31.6. The van der Waals surface area contributed by atoms with Gasteiger partial charge in [0.25, 0.3) is 0 Å². The van der Waals surface area contributed by atoms with Crippen molar-refractivity contribution in [2.75, 3.05) is 18.8 Å². The second kappa shape index (κ2) is 4.19. The molecule has 3 nitrogen and oxygen atoms in total. The lowest BCUT2D eigenvalue weighted by Gasteiger charge is -2.22. The van der Waals surface area contributed by atoms with Crippen LogP contribution in [0.2, 0.25) is 0 Å². The average Bonchev–Trinajstić information content (AvgIpc) is 2.91. The first-order valence-corrected chi connectivity index (χ1v) is 7.32. The molecule has 0 aromatic heterocycles. The van der Waals surface area contributed by atoms with Gasteiger partial charge in [-0.2, -0.15) is 0 Å². The van der Waals surface area contributed by atoms with Gasteiger partial charge in [-0.05, 0) is 38.1 Å². The van der Waals surface area contributed by atoms with E-state index >= 15 is 0 Å². The van der Waals surface area contributed by atoms with Crippen LogP contribution in [-0.4, -0.2) is 32.5 Å². The van der Waals surface area contributed by atoms with Gasteiger partial charge < -0.3 is 5.32 Å². The molecule has 1 unspecified atom stereocenters. The second-order valence-corrected chi connectivity index (χ2v) is 6.99. The molecule has 14 heavy (non-hydrogen) atoms. The minimum atomic E-state index is -2.76. The van der Waals surface area contributed by atoms with Gasteiger partial charge in [-0.15, -0.1) is 0 Å². The van der Waals surface area contributed by atoms with Crippen LogP contribution in [0.4, 0.5) is 0 Å². The monoisotopic (exact) mass is 217 g/mol. The zero-order chi connectivity index (χ0) is 10.0. The Labute approximate surface area is 86.2 Å². The Morgan fingerprint density at radius 2 is 1.86 bits per heavy atom. The number of hydrogen-bond donors (Lipinski definition) is 1. The molecule has 1 saturated carbocycles. The fraction of sp³-hybridized carbons (Fsp3) is 1.00. The predicted molar refractivity (Wildman–Crippen MR) is 57.0 cm³/mol. The van der Waals surface area contributed by atoms with Crippen LogP contribution in [0, 0.1) is 5.92 Å². The maximum atomic E-state index is 11.6. The van der Waals surface area contributed by atoms with Gasteiger partial charge in [-0.1, -0.05) is 6.42 Å². The van der Waals surface area contributed by atoms with Crippen LogP contribution >= 0.6 is 0 Å². The van der Waals surface area contributed by atoms with Crippen molar-refractivity contribution < 1.29 is 8.42 Å². The van der Waals surface area contributed by atoms with E-state index in [1.54, 1.807) is 0 Å². The number of nitrogens with one attached hydrogen (secondary N) is 1. The maximum Gasteiger partial charge on any atom is 0.154 e. The van der Waals surface area contributed by atoms with Gasteiger partial charge in [0.1, 0.15) is 0 Å². The molecule has 1 atom stereocenters. The molecule has 2 aliphatic rings. The Bertz CT molecular complexity index is 282.